The Labute approximate surface area is 124 Å². The van der Waals surface area contributed by atoms with Crippen molar-refractivity contribution in [2.45, 2.75) is 42.9 Å². The number of anilines is 1. The minimum absolute atomic E-state index is 0.0236. The molecule has 0 saturated heterocycles. The van der Waals surface area contributed by atoms with Gasteiger partial charge in [-0.25, -0.2) is 0 Å². The Morgan fingerprint density at radius 2 is 2.00 bits per heavy atom. The largest absolute Gasteiger partial charge is 0.384 e. The van der Waals surface area contributed by atoms with E-state index in [1.54, 1.807) is 0 Å². The van der Waals surface area contributed by atoms with E-state index in [1.165, 1.54) is 12.8 Å². The predicted molar refractivity (Wildman–Crippen MR) is 85.4 cm³/mol. The molecule has 0 spiro atoms. The minimum atomic E-state index is -0.0236. The molecule has 108 valence electrons. The highest BCUT2D eigenvalue weighted by atomic mass is 32.2. The van der Waals surface area contributed by atoms with E-state index < -0.39 is 0 Å². The van der Waals surface area contributed by atoms with Gasteiger partial charge in [0.25, 0.3) is 0 Å². The summed E-state index contributed by atoms with van der Waals surface area (Å²) in [6, 6.07) is 8.50. The SMILES string of the molecule is CSC1CCC(NC(=O)C2CNc3ccccc32)CC1. The number of nitrogens with one attached hydrogen (secondary N) is 2. The van der Waals surface area contributed by atoms with Crippen molar-refractivity contribution in [2.75, 3.05) is 18.1 Å². The van der Waals surface area contributed by atoms with Crippen molar-refractivity contribution in [2.24, 2.45) is 0 Å². The molecule has 1 aliphatic heterocycles. The minimum Gasteiger partial charge on any atom is -0.384 e. The van der Waals surface area contributed by atoms with E-state index in [1.807, 2.05) is 30.0 Å². The molecule has 2 aliphatic rings. The molecule has 1 amide bonds. The fourth-order valence-corrected chi connectivity index (χ4v) is 4.01. The van der Waals surface area contributed by atoms with Gasteiger partial charge in [0, 0.05) is 23.5 Å². The van der Waals surface area contributed by atoms with Crippen LogP contribution in [0, 0.1) is 0 Å². The highest BCUT2D eigenvalue weighted by molar-refractivity contribution is 7.99. The second-order valence-electron chi connectivity index (χ2n) is 5.74. The molecule has 2 N–H and O–H groups in total. The number of hydrogen-bond acceptors (Lipinski definition) is 3. The van der Waals surface area contributed by atoms with Gasteiger partial charge in [0.05, 0.1) is 5.92 Å². The van der Waals surface area contributed by atoms with Crippen LogP contribution in [0.4, 0.5) is 5.69 Å². The first-order valence-electron chi connectivity index (χ1n) is 7.44. The molecule has 1 aliphatic carbocycles. The fourth-order valence-electron chi connectivity index (χ4n) is 3.26. The summed E-state index contributed by atoms with van der Waals surface area (Å²) in [4.78, 5) is 12.5. The second kappa shape index (κ2) is 6.08. The molecule has 1 unspecified atom stereocenters. The van der Waals surface area contributed by atoms with Crippen LogP contribution in [0.15, 0.2) is 24.3 Å². The van der Waals surface area contributed by atoms with Gasteiger partial charge < -0.3 is 10.6 Å². The molecule has 4 heteroatoms. The molecule has 1 aromatic rings. The number of thioether (sulfide) groups is 1. The van der Waals surface area contributed by atoms with Gasteiger partial charge in [-0.3, -0.25) is 4.79 Å². The summed E-state index contributed by atoms with van der Waals surface area (Å²) in [5.41, 5.74) is 2.25. The van der Waals surface area contributed by atoms with Crippen LogP contribution in [0.1, 0.15) is 37.2 Å². The molecule has 1 fully saturated rings. The van der Waals surface area contributed by atoms with Gasteiger partial charge in [0.2, 0.25) is 5.91 Å². The number of carbonyl (C=O) groups excluding carboxylic acids is 1. The number of carbonyl (C=O) groups is 1. The van der Waals surface area contributed by atoms with Crippen molar-refractivity contribution in [1.29, 1.82) is 0 Å². The van der Waals surface area contributed by atoms with Crippen molar-refractivity contribution >= 4 is 23.4 Å². The molecule has 1 atom stereocenters. The standard InChI is InChI=1S/C16H22N2OS/c1-20-12-8-6-11(7-9-12)18-16(19)14-10-17-15-5-3-2-4-13(14)15/h2-5,11-12,14,17H,6-10H2,1H3,(H,18,19). The summed E-state index contributed by atoms with van der Waals surface area (Å²) in [7, 11) is 0. The van der Waals surface area contributed by atoms with Crippen molar-refractivity contribution < 1.29 is 4.79 Å². The van der Waals surface area contributed by atoms with Crippen molar-refractivity contribution in [1.82, 2.24) is 5.32 Å². The van der Waals surface area contributed by atoms with Gasteiger partial charge in [-0.2, -0.15) is 11.8 Å². The van der Waals surface area contributed by atoms with Crippen LogP contribution >= 0.6 is 11.8 Å². The normalized spacial score (nSPS) is 28.6. The van der Waals surface area contributed by atoms with E-state index >= 15 is 0 Å². The number of benzene rings is 1. The Kier molecular flexibility index (Phi) is 4.20. The molecule has 0 aromatic heterocycles. The number of fused-ring (bicyclic) bond motifs is 1. The summed E-state index contributed by atoms with van der Waals surface area (Å²) in [6.45, 7) is 0.728. The van der Waals surface area contributed by atoms with E-state index in [2.05, 4.69) is 23.0 Å². The zero-order valence-electron chi connectivity index (χ0n) is 11.9. The Balaban J connectivity index is 1.58. The van der Waals surface area contributed by atoms with Gasteiger partial charge in [0.15, 0.2) is 0 Å². The number of rotatable bonds is 3. The highest BCUT2D eigenvalue weighted by Crippen LogP contribution is 2.32. The Bertz CT molecular complexity index is 483. The van der Waals surface area contributed by atoms with Crippen LogP contribution in [-0.4, -0.2) is 30.0 Å². The highest BCUT2D eigenvalue weighted by Gasteiger charge is 2.30. The molecule has 20 heavy (non-hydrogen) atoms. The lowest BCUT2D eigenvalue weighted by Gasteiger charge is -2.28. The molecule has 0 bridgehead atoms. The molecular formula is C16H22N2OS. The van der Waals surface area contributed by atoms with Crippen LogP contribution in [0.25, 0.3) is 0 Å². The molecule has 1 aromatic carbocycles. The summed E-state index contributed by atoms with van der Waals surface area (Å²) in [6.07, 6.45) is 6.89. The average molecular weight is 290 g/mol. The number of amides is 1. The molecule has 1 saturated carbocycles. The summed E-state index contributed by atoms with van der Waals surface area (Å²) < 4.78 is 0. The smallest absolute Gasteiger partial charge is 0.229 e. The molecule has 3 nitrogen and oxygen atoms in total. The van der Waals surface area contributed by atoms with Gasteiger partial charge in [-0.15, -0.1) is 0 Å². The third-order valence-corrected chi connectivity index (χ3v) is 5.64. The first-order chi connectivity index (χ1) is 9.78. The van der Waals surface area contributed by atoms with Gasteiger partial charge in [-0.05, 0) is 43.6 Å². The maximum absolute atomic E-state index is 12.5. The molecular weight excluding hydrogens is 268 g/mol. The lowest BCUT2D eigenvalue weighted by molar-refractivity contribution is -0.123. The Morgan fingerprint density at radius 3 is 2.75 bits per heavy atom. The maximum atomic E-state index is 12.5. The van der Waals surface area contributed by atoms with E-state index in [4.69, 9.17) is 0 Å². The summed E-state index contributed by atoms with van der Waals surface area (Å²) in [5.74, 6) is 0.166. The zero-order chi connectivity index (χ0) is 13.9. The maximum Gasteiger partial charge on any atom is 0.229 e. The second-order valence-corrected chi connectivity index (χ2v) is 6.88. The third-order valence-electron chi connectivity index (χ3n) is 4.50. The topological polar surface area (TPSA) is 41.1 Å². The van der Waals surface area contributed by atoms with E-state index in [9.17, 15) is 4.79 Å². The Hall–Kier alpha value is -1.16. The van der Waals surface area contributed by atoms with Crippen LogP contribution < -0.4 is 10.6 Å². The molecule has 1 heterocycles. The lowest BCUT2D eigenvalue weighted by atomic mass is 9.93. The molecule has 0 radical (unpaired) electrons. The third kappa shape index (κ3) is 2.80. The van der Waals surface area contributed by atoms with E-state index in [0.29, 0.717) is 6.04 Å². The van der Waals surface area contributed by atoms with Crippen LogP contribution in [-0.2, 0) is 4.79 Å². The fraction of sp³-hybridized carbons (Fsp3) is 0.562. The first kappa shape index (κ1) is 13.8. The van der Waals surface area contributed by atoms with Gasteiger partial charge in [-0.1, -0.05) is 18.2 Å². The number of hydrogen-bond donors (Lipinski definition) is 2. The van der Waals surface area contributed by atoms with Crippen molar-refractivity contribution in [3.8, 4) is 0 Å². The molecule has 3 rings (SSSR count). The van der Waals surface area contributed by atoms with E-state index in [-0.39, 0.29) is 11.8 Å². The zero-order valence-corrected chi connectivity index (χ0v) is 12.7. The average Bonchev–Trinajstić information content (AvgIpc) is 2.92. The summed E-state index contributed by atoms with van der Waals surface area (Å²) >= 11 is 1.96. The van der Waals surface area contributed by atoms with E-state index in [0.717, 1.165) is 35.9 Å². The van der Waals surface area contributed by atoms with Crippen LogP contribution in [0.2, 0.25) is 0 Å². The van der Waals surface area contributed by atoms with Crippen LogP contribution in [0.5, 0.6) is 0 Å². The quantitative estimate of drug-likeness (QED) is 0.899. The monoisotopic (exact) mass is 290 g/mol. The lowest BCUT2D eigenvalue weighted by Crippen LogP contribution is -2.41. The van der Waals surface area contributed by atoms with Crippen LogP contribution in [0.3, 0.4) is 0 Å². The summed E-state index contributed by atoms with van der Waals surface area (Å²) in [5, 5.41) is 7.37. The first-order valence-corrected chi connectivity index (χ1v) is 8.72. The van der Waals surface area contributed by atoms with Gasteiger partial charge >= 0.3 is 0 Å². The number of para-hydroxylation sites is 1. The van der Waals surface area contributed by atoms with Gasteiger partial charge in [0.1, 0.15) is 0 Å². The Morgan fingerprint density at radius 1 is 1.25 bits per heavy atom. The predicted octanol–water partition coefficient (Wildman–Crippen LogP) is 2.99. The van der Waals surface area contributed by atoms with Crippen molar-refractivity contribution in [3.05, 3.63) is 29.8 Å². The van der Waals surface area contributed by atoms with Crippen molar-refractivity contribution in [3.63, 3.8) is 0 Å².